The number of aromatic hydroxyl groups is 1. The smallest absolute Gasteiger partial charge is 0.339 e. The zero-order valence-corrected chi connectivity index (χ0v) is 14.6. The first-order valence-corrected chi connectivity index (χ1v) is 8.36. The fourth-order valence-corrected chi connectivity index (χ4v) is 2.76. The summed E-state index contributed by atoms with van der Waals surface area (Å²) < 4.78 is 11.3. The number of rotatable bonds is 4. The molecule has 0 radical (unpaired) electrons. The fourth-order valence-electron chi connectivity index (χ4n) is 2.76. The van der Waals surface area contributed by atoms with Crippen molar-refractivity contribution in [3.8, 4) is 17.2 Å². The number of Topliss-reactive ketones (excluding diaryl/α,β-unsaturated/α-hetero) is 1. The molecule has 1 atom stereocenters. The van der Waals surface area contributed by atoms with Gasteiger partial charge in [0.1, 0.15) is 6.10 Å². The van der Waals surface area contributed by atoms with Gasteiger partial charge in [0.2, 0.25) is 5.75 Å². The molecule has 0 amide bonds. The monoisotopic (exact) mass is 353 g/mol. The Bertz CT molecular complexity index is 873. The van der Waals surface area contributed by atoms with Gasteiger partial charge >= 0.3 is 5.97 Å². The van der Waals surface area contributed by atoms with Gasteiger partial charge in [-0.1, -0.05) is 19.1 Å². The third-order valence-electron chi connectivity index (χ3n) is 4.11. The number of nitrogens with zero attached hydrogens (tertiary/aromatic N) is 1. The zero-order valence-electron chi connectivity index (χ0n) is 14.6. The molecule has 1 unspecified atom stereocenters. The van der Waals surface area contributed by atoms with Gasteiger partial charge in [0.15, 0.2) is 17.3 Å². The summed E-state index contributed by atoms with van der Waals surface area (Å²) in [6.07, 6.45) is 5.23. The highest BCUT2D eigenvalue weighted by Crippen LogP contribution is 2.45. The fraction of sp³-hybridized carbons (Fsp3) is 0.250. The SMILES string of the molecule is CCC=C(C)C(=O)Oc1c(O)ccc2c1OC(c1cccnc1)CC2=O. The summed E-state index contributed by atoms with van der Waals surface area (Å²) in [6.45, 7) is 3.53. The maximum Gasteiger partial charge on any atom is 0.339 e. The summed E-state index contributed by atoms with van der Waals surface area (Å²) in [7, 11) is 0. The maximum absolute atomic E-state index is 12.5. The number of allylic oxidation sites excluding steroid dienone is 1. The van der Waals surface area contributed by atoms with Gasteiger partial charge in [-0.15, -0.1) is 0 Å². The number of carbonyl (C=O) groups is 2. The van der Waals surface area contributed by atoms with E-state index in [2.05, 4.69) is 4.98 Å². The Morgan fingerprint density at radius 3 is 2.92 bits per heavy atom. The molecule has 0 aliphatic carbocycles. The Labute approximate surface area is 151 Å². The summed E-state index contributed by atoms with van der Waals surface area (Å²) in [5.41, 5.74) is 1.42. The molecule has 1 aromatic carbocycles. The van der Waals surface area contributed by atoms with Gasteiger partial charge in [-0.25, -0.2) is 4.79 Å². The second-order valence-electron chi connectivity index (χ2n) is 6.00. The number of carbonyl (C=O) groups excluding carboxylic acids is 2. The van der Waals surface area contributed by atoms with Gasteiger partial charge in [-0.3, -0.25) is 9.78 Å². The van der Waals surface area contributed by atoms with Gasteiger partial charge in [0, 0.05) is 23.5 Å². The van der Waals surface area contributed by atoms with Crippen LogP contribution in [-0.4, -0.2) is 21.8 Å². The van der Waals surface area contributed by atoms with Crippen molar-refractivity contribution in [3.63, 3.8) is 0 Å². The van der Waals surface area contributed by atoms with Crippen LogP contribution in [0.1, 0.15) is 48.7 Å². The van der Waals surface area contributed by atoms with Crippen LogP contribution in [0.15, 0.2) is 48.3 Å². The molecule has 1 aliphatic rings. The highest BCUT2D eigenvalue weighted by Gasteiger charge is 2.32. The zero-order chi connectivity index (χ0) is 18.7. The first-order chi connectivity index (χ1) is 12.5. The Morgan fingerprint density at radius 1 is 1.42 bits per heavy atom. The molecular formula is C20H19NO5. The molecule has 2 aromatic rings. The normalized spacial score (nSPS) is 16.6. The number of benzene rings is 1. The van der Waals surface area contributed by atoms with Crippen molar-refractivity contribution in [2.75, 3.05) is 0 Å². The maximum atomic E-state index is 12.5. The first-order valence-electron chi connectivity index (χ1n) is 8.36. The molecule has 0 saturated carbocycles. The molecule has 6 nitrogen and oxygen atoms in total. The minimum absolute atomic E-state index is 0.0766. The number of aromatic nitrogens is 1. The van der Waals surface area contributed by atoms with Crippen molar-refractivity contribution in [2.24, 2.45) is 0 Å². The molecule has 26 heavy (non-hydrogen) atoms. The summed E-state index contributed by atoms with van der Waals surface area (Å²) >= 11 is 0. The predicted molar refractivity (Wildman–Crippen MR) is 94.3 cm³/mol. The van der Waals surface area contributed by atoms with Crippen LogP contribution >= 0.6 is 0 Å². The van der Waals surface area contributed by atoms with Crippen molar-refractivity contribution in [3.05, 3.63) is 59.4 Å². The van der Waals surface area contributed by atoms with Crippen LogP contribution in [0.4, 0.5) is 0 Å². The van der Waals surface area contributed by atoms with E-state index in [-0.39, 0.29) is 35.0 Å². The van der Waals surface area contributed by atoms with Gasteiger partial charge in [0.05, 0.1) is 12.0 Å². The molecule has 1 N–H and O–H groups in total. The van der Waals surface area contributed by atoms with E-state index in [1.54, 1.807) is 37.5 Å². The van der Waals surface area contributed by atoms with Gasteiger partial charge in [0.25, 0.3) is 0 Å². The van der Waals surface area contributed by atoms with E-state index in [4.69, 9.17) is 9.47 Å². The lowest BCUT2D eigenvalue weighted by Gasteiger charge is -2.27. The van der Waals surface area contributed by atoms with Crippen LogP contribution in [0.2, 0.25) is 0 Å². The third-order valence-corrected chi connectivity index (χ3v) is 4.11. The van der Waals surface area contributed by atoms with E-state index in [1.807, 2.05) is 6.92 Å². The number of ether oxygens (including phenoxy) is 2. The molecule has 0 spiro atoms. The minimum Gasteiger partial charge on any atom is -0.504 e. The number of pyridine rings is 1. The third kappa shape index (κ3) is 3.44. The Kier molecular flexibility index (Phi) is 5.02. The van der Waals surface area contributed by atoms with Crippen molar-refractivity contribution in [1.29, 1.82) is 0 Å². The quantitative estimate of drug-likeness (QED) is 0.512. The van der Waals surface area contributed by atoms with E-state index in [0.29, 0.717) is 12.0 Å². The molecular weight excluding hydrogens is 334 g/mol. The van der Waals surface area contributed by atoms with Crippen molar-refractivity contribution < 1.29 is 24.2 Å². The Morgan fingerprint density at radius 2 is 2.23 bits per heavy atom. The number of hydrogen-bond acceptors (Lipinski definition) is 6. The Balaban J connectivity index is 1.98. The average Bonchev–Trinajstić information content (AvgIpc) is 2.64. The molecule has 0 fully saturated rings. The largest absolute Gasteiger partial charge is 0.504 e. The van der Waals surface area contributed by atoms with E-state index in [1.165, 1.54) is 12.1 Å². The van der Waals surface area contributed by atoms with Gasteiger partial charge in [-0.2, -0.15) is 0 Å². The summed E-state index contributed by atoms with van der Waals surface area (Å²) in [4.78, 5) is 28.8. The van der Waals surface area contributed by atoms with E-state index >= 15 is 0 Å². The van der Waals surface area contributed by atoms with E-state index in [9.17, 15) is 14.7 Å². The lowest BCUT2D eigenvalue weighted by Crippen LogP contribution is -2.22. The number of phenols is 1. The number of fused-ring (bicyclic) bond motifs is 1. The number of hydrogen-bond donors (Lipinski definition) is 1. The molecule has 0 saturated heterocycles. The summed E-state index contributed by atoms with van der Waals surface area (Å²) in [5, 5.41) is 10.2. The van der Waals surface area contributed by atoms with Crippen LogP contribution in [0, 0.1) is 0 Å². The van der Waals surface area contributed by atoms with Crippen LogP contribution < -0.4 is 9.47 Å². The second-order valence-corrected chi connectivity index (χ2v) is 6.00. The standard InChI is InChI=1S/C20H19NO5/c1-3-5-12(2)20(24)26-19-15(22)8-7-14-16(23)10-17(25-18(14)19)13-6-4-9-21-11-13/h4-9,11,17,22H,3,10H2,1-2H3. The molecule has 2 heterocycles. The second kappa shape index (κ2) is 7.39. The average molecular weight is 353 g/mol. The highest BCUT2D eigenvalue weighted by molar-refractivity contribution is 6.02. The number of phenolic OH excluding ortho intramolecular Hbond substituents is 1. The van der Waals surface area contributed by atoms with Crippen molar-refractivity contribution >= 4 is 11.8 Å². The van der Waals surface area contributed by atoms with Crippen molar-refractivity contribution in [1.82, 2.24) is 4.98 Å². The topological polar surface area (TPSA) is 85.7 Å². The number of ketones is 1. The lowest BCUT2D eigenvalue weighted by atomic mass is 9.96. The molecule has 134 valence electrons. The van der Waals surface area contributed by atoms with Crippen LogP contribution in [0.25, 0.3) is 0 Å². The first kappa shape index (κ1) is 17.7. The Hall–Kier alpha value is -3.15. The lowest BCUT2D eigenvalue weighted by molar-refractivity contribution is -0.130. The van der Waals surface area contributed by atoms with Crippen LogP contribution in [0.5, 0.6) is 17.2 Å². The molecule has 6 heteroatoms. The summed E-state index contributed by atoms with van der Waals surface area (Å²) in [6, 6.07) is 6.35. The number of esters is 1. The van der Waals surface area contributed by atoms with Crippen LogP contribution in [0.3, 0.4) is 0 Å². The molecule has 1 aliphatic heterocycles. The van der Waals surface area contributed by atoms with Gasteiger partial charge in [-0.05, 0) is 31.5 Å². The minimum atomic E-state index is -0.602. The molecule has 3 rings (SSSR count). The van der Waals surface area contributed by atoms with Crippen LogP contribution in [-0.2, 0) is 4.79 Å². The molecule has 0 bridgehead atoms. The van der Waals surface area contributed by atoms with E-state index in [0.717, 1.165) is 5.56 Å². The van der Waals surface area contributed by atoms with E-state index < -0.39 is 12.1 Å². The van der Waals surface area contributed by atoms with Gasteiger partial charge < -0.3 is 14.6 Å². The van der Waals surface area contributed by atoms with Crippen molar-refractivity contribution in [2.45, 2.75) is 32.8 Å². The molecule has 1 aromatic heterocycles. The summed E-state index contributed by atoms with van der Waals surface area (Å²) in [5.74, 6) is -1.08. The predicted octanol–water partition coefficient (Wildman–Crippen LogP) is 3.76. The highest BCUT2D eigenvalue weighted by atomic mass is 16.6.